The Hall–Kier alpha value is -1.86. The van der Waals surface area contributed by atoms with Crippen LogP contribution < -0.4 is 5.32 Å². The number of rotatable bonds is 6. The van der Waals surface area contributed by atoms with E-state index < -0.39 is 0 Å². The predicted octanol–water partition coefficient (Wildman–Crippen LogP) is 2.13. The van der Waals surface area contributed by atoms with Crippen LogP contribution in [0.4, 0.5) is 0 Å². The van der Waals surface area contributed by atoms with Gasteiger partial charge in [0.15, 0.2) is 0 Å². The molecule has 2 N–H and O–H groups in total. The van der Waals surface area contributed by atoms with E-state index in [0.717, 1.165) is 18.5 Å². The number of pyridine rings is 1. The van der Waals surface area contributed by atoms with Crippen LogP contribution in [0.1, 0.15) is 55.1 Å². The van der Waals surface area contributed by atoms with Crippen molar-refractivity contribution in [2.75, 3.05) is 13.2 Å². The molecule has 1 saturated carbocycles. The van der Waals surface area contributed by atoms with Gasteiger partial charge in [0, 0.05) is 24.7 Å². The molecule has 1 fully saturated rings. The smallest absolute Gasteiger partial charge is 0.269 e. The third kappa shape index (κ3) is 4.57. The fraction of sp³-hybridized carbons (Fsp3) is 0.529. The Balaban J connectivity index is 1.87. The summed E-state index contributed by atoms with van der Waals surface area (Å²) in [6, 6.07) is 3.48. The second kappa shape index (κ2) is 7.24. The number of nitrogens with zero attached hydrogens (tertiary/aromatic N) is 1. The average Bonchev–Trinajstić information content (AvgIpc) is 3.26. The number of carbonyl (C=O) groups excluding carboxylic acids is 1. The van der Waals surface area contributed by atoms with Gasteiger partial charge < -0.3 is 10.4 Å². The molecule has 0 aliphatic heterocycles. The molecule has 0 unspecified atom stereocenters. The van der Waals surface area contributed by atoms with Crippen LogP contribution in [-0.4, -0.2) is 29.1 Å². The summed E-state index contributed by atoms with van der Waals surface area (Å²) in [5, 5.41) is 11.6. The van der Waals surface area contributed by atoms with Gasteiger partial charge in [-0.1, -0.05) is 25.2 Å². The Morgan fingerprint density at radius 3 is 2.86 bits per heavy atom. The highest BCUT2D eigenvalue weighted by atomic mass is 16.2. The van der Waals surface area contributed by atoms with Gasteiger partial charge in [-0.2, -0.15) is 0 Å². The number of hydrogen-bond acceptors (Lipinski definition) is 3. The van der Waals surface area contributed by atoms with Crippen LogP contribution in [0.25, 0.3) is 0 Å². The molecular weight excluding hydrogens is 264 g/mol. The minimum Gasteiger partial charge on any atom is -0.395 e. The van der Waals surface area contributed by atoms with Crippen molar-refractivity contribution in [2.45, 2.75) is 39.0 Å². The van der Waals surface area contributed by atoms with Crippen molar-refractivity contribution in [1.29, 1.82) is 0 Å². The van der Waals surface area contributed by atoms with Crippen LogP contribution in [0.5, 0.6) is 0 Å². The van der Waals surface area contributed by atoms with Gasteiger partial charge in [0.05, 0.1) is 6.61 Å². The molecule has 4 nitrogen and oxygen atoms in total. The van der Waals surface area contributed by atoms with Crippen molar-refractivity contribution < 1.29 is 9.90 Å². The summed E-state index contributed by atoms with van der Waals surface area (Å²) in [5.41, 5.74) is 1.53. The third-order valence-electron chi connectivity index (χ3n) is 3.83. The molecular formula is C17H22N2O2. The number of aliphatic hydroxyl groups excluding tert-OH is 1. The zero-order chi connectivity index (χ0) is 15.1. The first-order chi connectivity index (χ1) is 10.2. The number of hydrogen-bond donors (Lipinski definition) is 2. The van der Waals surface area contributed by atoms with E-state index in [1.807, 2.05) is 0 Å². The number of amides is 1. The van der Waals surface area contributed by atoms with Gasteiger partial charge in [-0.05, 0) is 36.8 Å². The first kappa shape index (κ1) is 15.5. The standard InChI is InChI=1S/C17H22N2O2/c1-2-8-17(9-10-17)13-19-16(21)15-7-6-14(12-18-15)5-3-4-11-20/h6-7,12,20H,2,4,8-11,13H2,1H3,(H,19,21). The van der Waals surface area contributed by atoms with E-state index in [1.54, 1.807) is 18.3 Å². The van der Waals surface area contributed by atoms with E-state index in [1.165, 1.54) is 19.3 Å². The van der Waals surface area contributed by atoms with Crippen molar-refractivity contribution in [2.24, 2.45) is 5.41 Å². The predicted molar refractivity (Wildman–Crippen MR) is 81.7 cm³/mol. The molecule has 2 rings (SSSR count). The molecule has 0 atom stereocenters. The summed E-state index contributed by atoms with van der Waals surface area (Å²) in [6.07, 6.45) is 6.82. The van der Waals surface area contributed by atoms with Crippen molar-refractivity contribution >= 4 is 5.91 Å². The number of aliphatic hydroxyl groups is 1. The van der Waals surface area contributed by atoms with Crippen LogP contribution in [0.3, 0.4) is 0 Å². The molecule has 1 amide bonds. The van der Waals surface area contributed by atoms with E-state index >= 15 is 0 Å². The topological polar surface area (TPSA) is 62.2 Å². The number of aromatic nitrogens is 1. The zero-order valence-electron chi connectivity index (χ0n) is 12.5. The molecule has 1 aromatic rings. The van der Waals surface area contributed by atoms with Gasteiger partial charge in [0.2, 0.25) is 0 Å². The molecule has 0 saturated heterocycles. The molecule has 0 aromatic carbocycles. The molecule has 1 aliphatic carbocycles. The fourth-order valence-corrected chi connectivity index (χ4v) is 2.40. The SMILES string of the molecule is CCCC1(CNC(=O)c2ccc(C#CCCO)cn2)CC1. The van der Waals surface area contributed by atoms with E-state index in [9.17, 15) is 4.79 Å². The van der Waals surface area contributed by atoms with Gasteiger partial charge in [0.1, 0.15) is 5.69 Å². The maximum atomic E-state index is 12.1. The van der Waals surface area contributed by atoms with Crippen LogP contribution in [0, 0.1) is 17.3 Å². The second-order valence-corrected chi connectivity index (χ2v) is 5.64. The Morgan fingerprint density at radius 1 is 1.48 bits per heavy atom. The van der Waals surface area contributed by atoms with Gasteiger partial charge in [-0.15, -0.1) is 0 Å². The van der Waals surface area contributed by atoms with Crippen LogP contribution in [0.15, 0.2) is 18.3 Å². The first-order valence-corrected chi connectivity index (χ1v) is 7.53. The fourth-order valence-electron chi connectivity index (χ4n) is 2.40. The summed E-state index contributed by atoms with van der Waals surface area (Å²) >= 11 is 0. The molecule has 1 aliphatic rings. The lowest BCUT2D eigenvalue weighted by Crippen LogP contribution is -2.30. The number of carbonyl (C=O) groups is 1. The highest BCUT2D eigenvalue weighted by Crippen LogP contribution is 2.48. The van der Waals surface area contributed by atoms with Crippen LogP contribution >= 0.6 is 0 Å². The summed E-state index contributed by atoms with van der Waals surface area (Å²) in [7, 11) is 0. The van der Waals surface area contributed by atoms with Crippen molar-refractivity contribution in [1.82, 2.24) is 10.3 Å². The summed E-state index contributed by atoms with van der Waals surface area (Å²) in [4.78, 5) is 16.2. The van der Waals surface area contributed by atoms with E-state index in [4.69, 9.17) is 5.11 Å². The third-order valence-corrected chi connectivity index (χ3v) is 3.83. The van der Waals surface area contributed by atoms with E-state index in [0.29, 0.717) is 17.5 Å². The van der Waals surface area contributed by atoms with E-state index in [2.05, 4.69) is 29.1 Å². The van der Waals surface area contributed by atoms with Gasteiger partial charge in [0.25, 0.3) is 5.91 Å². The number of nitrogens with one attached hydrogen (secondary N) is 1. The lowest BCUT2D eigenvalue weighted by atomic mass is 10.0. The first-order valence-electron chi connectivity index (χ1n) is 7.53. The summed E-state index contributed by atoms with van der Waals surface area (Å²) < 4.78 is 0. The zero-order valence-corrected chi connectivity index (χ0v) is 12.5. The Kier molecular flexibility index (Phi) is 5.35. The maximum Gasteiger partial charge on any atom is 0.269 e. The minimum absolute atomic E-state index is 0.0560. The minimum atomic E-state index is -0.118. The van der Waals surface area contributed by atoms with Gasteiger partial charge in [-0.25, -0.2) is 4.98 Å². The van der Waals surface area contributed by atoms with Crippen LogP contribution in [-0.2, 0) is 0 Å². The van der Waals surface area contributed by atoms with Gasteiger partial charge in [-0.3, -0.25) is 4.79 Å². The quantitative estimate of drug-likeness (QED) is 0.787. The Morgan fingerprint density at radius 2 is 2.29 bits per heavy atom. The molecule has 0 bridgehead atoms. The van der Waals surface area contributed by atoms with E-state index in [-0.39, 0.29) is 12.5 Å². The average molecular weight is 286 g/mol. The Bertz CT molecular complexity index is 536. The highest BCUT2D eigenvalue weighted by Gasteiger charge is 2.41. The largest absolute Gasteiger partial charge is 0.395 e. The van der Waals surface area contributed by atoms with Crippen molar-refractivity contribution in [3.63, 3.8) is 0 Å². The normalized spacial score (nSPS) is 15.0. The summed E-state index contributed by atoms with van der Waals surface area (Å²) in [5.74, 6) is 5.60. The molecule has 21 heavy (non-hydrogen) atoms. The Labute approximate surface area is 126 Å². The molecule has 0 spiro atoms. The molecule has 0 radical (unpaired) electrons. The summed E-state index contributed by atoms with van der Waals surface area (Å²) in [6.45, 7) is 2.99. The van der Waals surface area contributed by atoms with Crippen molar-refractivity contribution in [3.8, 4) is 11.8 Å². The highest BCUT2D eigenvalue weighted by molar-refractivity contribution is 5.92. The molecule has 1 heterocycles. The van der Waals surface area contributed by atoms with Gasteiger partial charge >= 0.3 is 0 Å². The van der Waals surface area contributed by atoms with Crippen molar-refractivity contribution in [3.05, 3.63) is 29.6 Å². The van der Waals surface area contributed by atoms with Crippen LogP contribution in [0.2, 0.25) is 0 Å². The maximum absolute atomic E-state index is 12.1. The lowest BCUT2D eigenvalue weighted by Gasteiger charge is -2.14. The monoisotopic (exact) mass is 286 g/mol. The second-order valence-electron chi connectivity index (χ2n) is 5.64. The molecule has 4 heteroatoms. The molecule has 1 aromatic heterocycles. The molecule has 112 valence electrons. The lowest BCUT2D eigenvalue weighted by molar-refractivity contribution is 0.0938.